The lowest BCUT2D eigenvalue weighted by molar-refractivity contribution is 0.281. The van der Waals surface area contributed by atoms with Gasteiger partial charge in [-0.3, -0.25) is 4.90 Å². The van der Waals surface area contributed by atoms with Gasteiger partial charge < -0.3 is 10.2 Å². The minimum absolute atomic E-state index is 0.382. The molecule has 2 heterocycles. The van der Waals surface area contributed by atoms with Crippen molar-refractivity contribution >= 4 is 0 Å². The molecule has 3 heteroatoms. The molecule has 2 aliphatic rings. The van der Waals surface area contributed by atoms with E-state index in [-0.39, 0.29) is 0 Å². The first-order chi connectivity index (χ1) is 7.33. The zero-order chi connectivity index (χ0) is 10.3. The van der Waals surface area contributed by atoms with Crippen LogP contribution >= 0.6 is 0 Å². The normalized spacial score (nSPS) is 32.3. The molecule has 82 valence electrons. The molecule has 1 aliphatic heterocycles. The molecule has 1 saturated heterocycles. The summed E-state index contributed by atoms with van der Waals surface area (Å²) < 4.78 is 5.36. The Balaban J connectivity index is 1.60. The van der Waals surface area contributed by atoms with Gasteiger partial charge in [-0.2, -0.15) is 0 Å². The molecule has 15 heavy (non-hydrogen) atoms. The number of furan rings is 1. The van der Waals surface area contributed by atoms with E-state index in [1.807, 2.05) is 12.1 Å². The van der Waals surface area contributed by atoms with E-state index in [9.17, 15) is 0 Å². The molecule has 0 aromatic carbocycles. The molecule has 0 unspecified atom stereocenters. The second-order valence-corrected chi connectivity index (χ2v) is 4.94. The summed E-state index contributed by atoms with van der Waals surface area (Å²) in [5.41, 5.74) is 6.17. The Labute approximate surface area is 90.2 Å². The van der Waals surface area contributed by atoms with Gasteiger partial charge in [0.1, 0.15) is 5.76 Å². The van der Waals surface area contributed by atoms with Crippen LogP contribution in [0.5, 0.6) is 0 Å². The van der Waals surface area contributed by atoms with Crippen LogP contribution in [0.4, 0.5) is 0 Å². The lowest BCUT2D eigenvalue weighted by atomic mass is 9.99. The van der Waals surface area contributed by atoms with Gasteiger partial charge >= 0.3 is 0 Å². The summed E-state index contributed by atoms with van der Waals surface area (Å²) in [7, 11) is 0. The van der Waals surface area contributed by atoms with Crippen LogP contribution in [0.15, 0.2) is 22.8 Å². The topological polar surface area (TPSA) is 42.4 Å². The van der Waals surface area contributed by atoms with E-state index in [4.69, 9.17) is 10.2 Å². The van der Waals surface area contributed by atoms with E-state index in [1.165, 1.54) is 12.8 Å². The lowest BCUT2D eigenvalue weighted by Crippen LogP contribution is -2.30. The number of hydrogen-bond acceptors (Lipinski definition) is 3. The lowest BCUT2D eigenvalue weighted by Gasteiger charge is -2.13. The van der Waals surface area contributed by atoms with Gasteiger partial charge in [-0.05, 0) is 36.8 Å². The number of likely N-dealkylation sites (tertiary alicyclic amines) is 1. The molecular weight excluding hydrogens is 188 g/mol. The van der Waals surface area contributed by atoms with Gasteiger partial charge in [-0.25, -0.2) is 0 Å². The molecule has 1 aliphatic carbocycles. The standard InChI is InChI=1S/C12H18N2O/c13-12-8-14(6-10-2-1-5-15-10)7-11(12)9-3-4-9/h1-2,5,9,11-12H,3-4,6-8,13H2/t11-,12+/m1/s1. The fourth-order valence-electron chi connectivity index (χ4n) is 2.72. The van der Waals surface area contributed by atoms with Gasteiger partial charge in [0.25, 0.3) is 0 Å². The second kappa shape index (κ2) is 3.65. The first kappa shape index (κ1) is 9.43. The largest absolute Gasteiger partial charge is 0.468 e. The monoisotopic (exact) mass is 206 g/mol. The van der Waals surface area contributed by atoms with Crippen molar-refractivity contribution < 1.29 is 4.42 Å². The van der Waals surface area contributed by atoms with Crippen molar-refractivity contribution in [2.24, 2.45) is 17.6 Å². The quantitative estimate of drug-likeness (QED) is 0.814. The highest BCUT2D eigenvalue weighted by atomic mass is 16.3. The zero-order valence-electron chi connectivity index (χ0n) is 8.93. The predicted molar refractivity (Wildman–Crippen MR) is 58.2 cm³/mol. The maximum atomic E-state index is 6.17. The van der Waals surface area contributed by atoms with Gasteiger partial charge in [0.05, 0.1) is 12.8 Å². The van der Waals surface area contributed by atoms with Crippen molar-refractivity contribution in [3.8, 4) is 0 Å². The molecule has 1 aromatic heterocycles. The van der Waals surface area contributed by atoms with E-state index in [2.05, 4.69) is 4.90 Å². The SMILES string of the molecule is N[C@H]1CN(Cc2ccco2)C[C@@H]1C1CC1. The number of nitrogens with zero attached hydrogens (tertiary/aromatic N) is 1. The Bertz CT molecular complexity index is 318. The maximum absolute atomic E-state index is 6.17. The van der Waals surface area contributed by atoms with Crippen molar-refractivity contribution in [2.75, 3.05) is 13.1 Å². The number of rotatable bonds is 3. The Morgan fingerprint density at radius 3 is 2.93 bits per heavy atom. The smallest absolute Gasteiger partial charge is 0.117 e. The molecule has 0 spiro atoms. The highest BCUT2D eigenvalue weighted by Crippen LogP contribution is 2.41. The molecular formula is C12H18N2O. The predicted octanol–water partition coefficient (Wildman–Crippen LogP) is 1.45. The molecule has 2 N–H and O–H groups in total. The van der Waals surface area contributed by atoms with Crippen LogP contribution in [0.1, 0.15) is 18.6 Å². The van der Waals surface area contributed by atoms with Crippen LogP contribution in [0.2, 0.25) is 0 Å². The van der Waals surface area contributed by atoms with Crippen molar-refractivity contribution in [1.29, 1.82) is 0 Å². The van der Waals surface area contributed by atoms with Crippen LogP contribution in [0, 0.1) is 11.8 Å². The van der Waals surface area contributed by atoms with Crippen LogP contribution in [0.25, 0.3) is 0 Å². The van der Waals surface area contributed by atoms with Crippen LogP contribution < -0.4 is 5.73 Å². The first-order valence-electron chi connectivity index (χ1n) is 5.83. The molecule has 0 amide bonds. The van der Waals surface area contributed by atoms with Crippen molar-refractivity contribution in [2.45, 2.75) is 25.4 Å². The molecule has 1 saturated carbocycles. The zero-order valence-corrected chi connectivity index (χ0v) is 8.93. The highest BCUT2D eigenvalue weighted by Gasteiger charge is 2.40. The Morgan fingerprint density at radius 1 is 1.40 bits per heavy atom. The number of nitrogens with two attached hydrogens (primary N) is 1. The third kappa shape index (κ3) is 1.94. The van der Waals surface area contributed by atoms with E-state index in [1.54, 1.807) is 6.26 Å². The summed E-state index contributed by atoms with van der Waals surface area (Å²) in [5, 5.41) is 0. The summed E-state index contributed by atoms with van der Waals surface area (Å²) in [6.45, 7) is 3.11. The van der Waals surface area contributed by atoms with Crippen LogP contribution in [-0.2, 0) is 6.54 Å². The summed E-state index contributed by atoms with van der Waals surface area (Å²) in [6, 6.07) is 4.37. The van der Waals surface area contributed by atoms with Crippen LogP contribution in [0.3, 0.4) is 0 Å². The van der Waals surface area contributed by atoms with E-state index >= 15 is 0 Å². The first-order valence-corrected chi connectivity index (χ1v) is 5.83. The Kier molecular flexibility index (Phi) is 2.29. The molecule has 2 atom stereocenters. The Hall–Kier alpha value is -0.800. The highest BCUT2D eigenvalue weighted by molar-refractivity contribution is 5.01. The molecule has 2 fully saturated rings. The molecule has 0 radical (unpaired) electrons. The molecule has 3 nitrogen and oxygen atoms in total. The Morgan fingerprint density at radius 2 is 2.27 bits per heavy atom. The summed E-state index contributed by atoms with van der Waals surface area (Å²) in [6.07, 6.45) is 4.53. The fourth-order valence-corrected chi connectivity index (χ4v) is 2.72. The van der Waals surface area contributed by atoms with E-state index in [0.29, 0.717) is 6.04 Å². The molecule has 3 rings (SSSR count). The van der Waals surface area contributed by atoms with Gasteiger partial charge in [0, 0.05) is 19.1 Å². The average molecular weight is 206 g/mol. The van der Waals surface area contributed by atoms with Gasteiger partial charge in [0.15, 0.2) is 0 Å². The maximum Gasteiger partial charge on any atom is 0.117 e. The van der Waals surface area contributed by atoms with Crippen LogP contribution in [-0.4, -0.2) is 24.0 Å². The molecule has 1 aromatic rings. The van der Waals surface area contributed by atoms with Crippen molar-refractivity contribution in [1.82, 2.24) is 4.90 Å². The van der Waals surface area contributed by atoms with Gasteiger partial charge in [-0.15, -0.1) is 0 Å². The summed E-state index contributed by atoms with van der Waals surface area (Å²) in [5.74, 6) is 2.71. The van der Waals surface area contributed by atoms with Crippen molar-refractivity contribution in [3.63, 3.8) is 0 Å². The third-order valence-electron chi connectivity index (χ3n) is 3.68. The van der Waals surface area contributed by atoms with E-state index in [0.717, 1.165) is 37.2 Å². The fraction of sp³-hybridized carbons (Fsp3) is 0.667. The summed E-state index contributed by atoms with van der Waals surface area (Å²) >= 11 is 0. The second-order valence-electron chi connectivity index (χ2n) is 4.94. The minimum Gasteiger partial charge on any atom is -0.468 e. The molecule has 0 bridgehead atoms. The summed E-state index contributed by atoms with van der Waals surface area (Å²) in [4.78, 5) is 2.42. The van der Waals surface area contributed by atoms with Crippen molar-refractivity contribution in [3.05, 3.63) is 24.2 Å². The third-order valence-corrected chi connectivity index (χ3v) is 3.68. The number of hydrogen-bond donors (Lipinski definition) is 1. The van der Waals surface area contributed by atoms with Gasteiger partial charge in [-0.1, -0.05) is 0 Å². The average Bonchev–Trinajstić information content (AvgIpc) is 2.81. The van der Waals surface area contributed by atoms with E-state index < -0.39 is 0 Å². The minimum atomic E-state index is 0.382. The van der Waals surface area contributed by atoms with Gasteiger partial charge in [0.2, 0.25) is 0 Å².